The van der Waals surface area contributed by atoms with Crippen LogP contribution in [0.15, 0.2) is 24.3 Å². The molecule has 0 aliphatic heterocycles. The van der Waals surface area contributed by atoms with Crippen molar-refractivity contribution in [2.75, 3.05) is 12.4 Å². The summed E-state index contributed by atoms with van der Waals surface area (Å²) in [7, 11) is 1.59. The predicted octanol–water partition coefficient (Wildman–Crippen LogP) is 1.82. The minimum Gasteiger partial charge on any atom is -0.480 e. The Morgan fingerprint density at radius 3 is 2.74 bits per heavy atom. The van der Waals surface area contributed by atoms with Gasteiger partial charge in [-0.15, -0.1) is 0 Å². The first kappa shape index (κ1) is 15.0. The van der Waals surface area contributed by atoms with Crippen molar-refractivity contribution in [1.29, 1.82) is 0 Å². The molecule has 1 aromatic carbocycles. The van der Waals surface area contributed by atoms with Crippen LogP contribution in [0.1, 0.15) is 18.9 Å². The van der Waals surface area contributed by atoms with Crippen LogP contribution in [0.4, 0.5) is 10.5 Å². The number of nitrogens with one attached hydrogen (secondary N) is 2. The van der Waals surface area contributed by atoms with Gasteiger partial charge in [-0.3, -0.25) is 0 Å². The molecule has 0 aliphatic rings. The number of urea groups is 1. The molecule has 0 radical (unpaired) electrons. The molecule has 3 N–H and O–H groups in total. The van der Waals surface area contributed by atoms with Gasteiger partial charge in [-0.05, 0) is 24.1 Å². The molecule has 6 heteroatoms. The largest absolute Gasteiger partial charge is 0.480 e. The number of hydrogen-bond donors (Lipinski definition) is 3. The van der Waals surface area contributed by atoms with Gasteiger partial charge in [-0.25, -0.2) is 9.59 Å². The van der Waals surface area contributed by atoms with Gasteiger partial charge in [0.2, 0.25) is 0 Å². The lowest BCUT2D eigenvalue weighted by atomic mass is 10.2. The summed E-state index contributed by atoms with van der Waals surface area (Å²) in [5.41, 5.74) is 1.51. The molecule has 0 bridgehead atoms. The van der Waals surface area contributed by atoms with Crippen LogP contribution in [0.3, 0.4) is 0 Å². The third-order valence-corrected chi connectivity index (χ3v) is 2.51. The van der Waals surface area contributed by atoms with E-state index in [0.717, 1.165) is 5.56 Å². The lowest BCUT2D eigenvalue weighted by molar-refractivity contribution is -0.139. The van der Waals surface area contributed by atoms with E-state index in [9.17, 15) is 9.59 Å². The quantitative estimate of drug-likeness (QED) is 0.732. The van der Waals surface area contributed by atoms with Gasteiger partial charge in [0.05, 0.1) is 6.61 Å². The number of carbonyl (C=O) groups is 2. The predicted molar refractivity (Wildman–Crippen MR) is 71.0 cm³/mol. The maximum atomic E-state index is 11.6. The fourth-order valence-electron chi connectivity index (χ4n) is 1.57. The van der Waals surface area contributed by atoms with Crippen molar-refractivity contribution >= 4 is 17.7 Å². The molecule has 0 spiro atoms. The monoisotopic (exact) mass is 266 g/mol. The summed E-state index contributed by atoms with van der Waals surface area (Å²) in [5.74, 6) is -1.05. The van der Waals surface area contributed by atoms with Crippen LogP contribution < -0.4 is 10.6 Å². The first-order valence-corrected chi connectivity index (χ1v) is 5.95. The van der Waals surface area contributed by atoms with Gasteiger partial charge in [0.25, 0.3) is 0 Å². The highest BCUT2D eigenvalue weighted by Gasteiger charge is 2.17. The smallest absolute Gasteiger partial charge is 0.326 e. The van der Waals surface area contributed by atoms with E-state index in [-0.39, 0.29) is 0 Å². The molecule has 0 aliphatic carbocycles. The fraction of sp³-hybridized carbons (Fsp3) is 0.385. The van der Waals surface area contributed by atoms with Crippen LogP contribution in [-0.4, -0.2) is 30.3 Å². The molecule has 19 heavy (non-hydrogen) atoms. The van der Waals surface area contributed by atoms with Crippen molar-refractivity contribution in [2.45, 2.75) is 26.0 Å². The van der Waals surface area contributed by atoms with E-state index in [1.807, 2.05) is 6.07 Å². The first-order chi connectivity index (χ1) is 9.06. The Kier molecular flexibility index (Phi) is 5.81. The zero-order chi connectivity index (χ0) is 14.3. The van der Waals surface area contributed by atoms with Gasteiger partial charge < -0.3 is 20.5 Å². The van der Waals surface area contributed by atoms with Gasteiger partial charge in [0.1, 0.15) is 6.04 Å². The maximum absolute atomic E-state index is 11.6. The van der Waals surface area contributed by atoms with E-state index in [0.29, 0.717) is 18.7 Å². The Hall–Kier alpha value is -2.08. The Morgan fingerprint density at radius 2 is 2.16 bits per heavy atom. The summed E-state index contributed by atoms with van der Waals surface area (Å²) in [6.07, 6.45) is 0.326. The number of amides is 2. The molecule has 104 valence electrons. The molecule has 1 atom stereocenters. The van der Waals surface area contributed by atoms with E-state index >= 15 is 0 Å². The third kappa shape index (κ3) is 4.97. The van der Waals surface area contributed by atoms with E-state index in [2.05, 4.69) is 10.6 Å². The first-order valence-electron chi connectivity index (χ1n) is 5.95. The molecule has 0 saturated heterocycles. The lowest BCUT2D eigenvalue weighted by Crippen LogP contribution is -2.42. The van der Waals surface area contributed by atoms with Crippen molar-refractivity contribution in [2.24, 2.45) is 0 Å². The second-order valence-corrected chi connectivity index (χ2v) is 4.03. The maximum Gasteiger partial charge on any atom is 0.326 e. The van der Waals surface area contributed by atoms with Gasteiger partial charge in [-0.2, -0.15) is 0 Å². The topological polar surface area (TPSA) is 87.7 Å². The van der Waals surface area contributed by atoms with Crippen LogP contribution in [0, 0.1) is 0 Å². The molecule has 0 heterocycles. The van der Waals surface area contributed by atoms with Crippen molar-refractivity contribution in [3.8, 4) is 0 Å². The summed E-state index contributed by atoms with van der Waals surface area (Å²) in [4.78, 5) is 22.4. The average molecular weight is 266 g/mol. The molecular formula is C13H18N2O4. The molecule has 2 amide bonds. The fourth-order valence-corrected chi connectivity index (χ4v) is 1.57. The zero-order valence-corrected chi connectivity index (χ0v) is 11.0. The molecule has 1 aromatic rings. The van der Waals surface area contributed by atoms with Crippen molar-refractivity contribution in [1.82, 2.24) is 5.32 Å². The molecule has 0 aromatic heterocycles. The Balaban J connectivity index is 2.61. The summed E-state index contributed by atoms with van der Waals surface area (Å²) < 4.78 is 5.00. The summed E-state index contributed by atoms with van der Waals surface area (Å²) in [5, 5.41) is 13.8. The number of rotatable bonds is 6. The molecular weight excluding hydrogens is 248 g/mol. The minimum absolute atomic E-state index is 0.326. The highest BCUT2D eigenvalue weighted by Crippen LogP contribution is 2.11. The highest BCUT2D eigenvalue weighted by molar-refractivity contribution is 5.92. The number of benzene rings is 1. The molecule has 1 rings (SSSR count). The van der Waals surface area contributed by atoms with Crippen LogP contribution in [0.5, 0.6) is 0 Å². The van der Waals surface area contributed by atoms with Crippen molar-refractivity contribution < 1.29 is 19.4 Å². The van der Waals surface area contributed by atoms with E-state index in [1.165, 1.54) is 0 Å². The lowest BCUT2D eigenvalue weighted by Gasteiger charge is -2.13. The van der Waals surface area contributed by atoms with E-state index in [4.69, 9.17) is 9.84 Å². The summed E-state index contributed by atoms with van der Waals surface area (Å²) in [6, 6.07) is 5.73. The summed E-state index contributed by atoms with van der Waals surface area (Å²) in [6.45, 7) is 2.14. The molecule has 0 fully saturated rings. The number of hydrogen-bond acceptors (Lipinski definition) is 3. The number of carboxylic acids is 1. The van der Waals surface area contributed by atoms with Gasteiger partial charge in [0.15, 0.2) is 0 Å². The Morgan fingerprint density at radius 1 is 1.42 bits per heavy atom. The van der Waals surface area contributed by atoms with Crippen molar-refractivity contribution in [3.05, 3.63) is 29.8 Å². The van der Waals surface area contributed by atoms with Crippen LogP contribution >= 0.6 is 0 Å². The highest BCUT2D eigenvalue weighted by atomic mass is 16.5. The number of ether oxygens (including phenoxy) is 1. The number of anilines is 1. The number of methoxy groups -OCH3 is 1. The molecule has 0 saturated carbocycles. The third-order valence-electron chi connectivity index (χ3n) is 2.51. The summed E-state index contributed by atoms with van der Waals surface area (Å²) >= 11 is 0. The van der Waals surface area contributed by atoms with Gasteiger partial charge in [0, 0.05) is 12.8 Å². The Bertz CT molecular complexity index is 448. The second kappa shape index (κ2) is 7.38. The number of aliphatic carboxylic acids is 1. The van der Waals surface area contributed by atoms with Crippen LogP contribution in [0.25, 0.3) is 0 Å². The standard InChI is InChI=1S/C13H18N2O4/c1-3-11(12(16)17)15-13(18)14-10-6-4-5-9(7-10)8-19-2/h4-7,11H,3,8H2,1-2H3,(H,16,17)(H2,14,15,18)/t11-/m0/s1. The second-order valence-electron chi connectivity index (χ2n) is 4.03. The van der Waals surface area contributed by atoms with Crippen LogP contribution in [-0.2, 0) is 16.1 Å². The van der Waals surface area contributed by atoms with Crippen molar-refractivity contribution in [3.63, 3.8) is 0 Å². The SMILES string of the molecule is CC[C@H](NC(=O)Nc1cccc(COC)c1)C(=O)O. The van der Waals surface area contributed by atoms with Gasteiger partial charge in [-0.1, -0.05) is 19.1 Å². The molecule has 0 unspecified atom stereocenters. The van der Waals surface area contributed by atoms with E-state index < -0.39 is 18.0 Å². The van der Waals surface area contributed by atoms with Crippen LogP contribution in [0.2, 0.25) is 0 Å². The minimum atomic E-state index is -1.05. The Labute approximate surface area is 111 Å². The molecule has 6 nitrogen and oxygen atoms in total. The zero-order valence-electron chi connectivity index (χ0n) is 11.0. The normalized spacial score (nSPS) is 11.7. The van der Waals surface area contributed by atoms with E-state index in [1.54, 1.807) is 32.2 Å². The number of carbonyl (C=O) groups excluding carboxylic acids is 1. The number of carboxylic acid groups (broad SMARTS) is 1. The van der Waals surface area contributed by atoms with Gasteiger partial charge >= 0.3 is 12.0 Å². The average Bonchev–Trinajstić information content (AvgIpc) is 2.36.